The van der Waals surface area contributed by atoms with Crippen molar-refractivity contribution in [2.45, 2.75) is 24.2 Å². The number of hydrogen-bond acceptors (Lipinski definition) is 5. The third-order valence-corrected chi connectivity index (χ3v) is 6.70. The minimum atomic E-state index is -3.53. The summed E-state index contributed by atoms with van der Waals surface area (Å²) in [6, 6.07) is 6.25. The van der Waals surface area contributed by atoms with Gasteiger partial charge in [0.1, 0.15) is 0 Å². The second-order valence-corrected chi connectivity index (χ2v) is 8.68. The van der Waals surface area contributed by atoms with E-state index in [4.69, 9.17) is 5.11 Å². The van der Waals surface area contributed by atoms with Crippen molar-refractivity contribution in [1.29, 1.82) is 0 Å². The number of hydrogen-bond donors (Lipinski definition) is 2. The maximum Gasteiger partial charge on any atom is 0.307 e. The largest absolute Gasteiger partial charge is 0.481 e. The van der Waals surface area contributed by atoms with Gasteiger partial charge in [0.25, 0.3) is 0 Å². The van der Waals surface area contributed by atoms with Crippen molar-refractivity contribution in [2.75, 3.05) is 38.0 Å². The fourth-order valence-electron chi connectivity index (χ4n) is 3.39. The molecule has 0 bridgehead atoms. The molecule has 2 saturated heterocycles. The number of rotatable bonds is 6. The van der Waals surface area contributed by atoms with E-state index in [1.54, 1.807) is 17.0 Å². The maximum atomic E-state index is 12.6. The zero-order valence-electron chi connectivity index (χ0n) is 14.4. The number of carbonyl (C=O) groups is 2. The van der Waals surface area contributed by atoms with Gasteiger partial charge in [0.2, 0.25) is 15.9 Å². The topological polar surface area (TPSA) is 107 Å². The number of anilines is 1. The van der Waals surface area contributed by atoms with Crippen LogP contribution in [0.4, 0.5) is 5.69 Å². The lowest BCUT2D eigenvalue weighted by atomic mass is 10.1. The molecule has 0 radical (unpaired) electrons. The van der Waals surface area contributed by atoms with Gasteiger partial charge in [0.05, 0.1) is 17.4 Å². The van der Waals surface area contributed by atoms with Gasteiger partial charge >= 0.3 is 5.97 Å². The molecule has 9 heteroatoms. The molecule has 142 valence electrons. The Morgan fingerprint density at radius 2 is 1.92 bits per heavy atom. The predicted octanol–water partition coefficient (Wildman–Crippen LogP) is 0.816. The van der Waals surface area contributed by atoms with Gasteiger partial charge in [-0.2, -0.15) is 4.31 Å². The highest BCUT2D eigenvalue weighted by Crippen LogP contribution is 2.23. The average molecular weight is 381 g/mol. The average Bonchev–Trinajstić information content (AvgIpc) is 3.27. The maximum absolute atomic E-state index is 12.6. The number of aliphatic carboxylic acids is 1. The Morgan fingerprint density at radius 1 is 1.19 bits per heavy atom. The van der Waals surface area contributed by atoms with E-state index < -0.39 is 21.9 Å². The summed E-state index contributed by atoms with van der Waals surface area (Å²) >= 11 is 0. The Hall–Kier alpha value is -1.97. The Kier molecular flexibility index (Phi) is 5.59. The van der Waals surface area contributed by atoms with E-state index in [0.29, 0.717) is 38.3 Å². The zero-order valence-corrected chi connectivity index (χ0v) is 15.2. The van der Waals surface area contributed by atoms with Crippen LogP contribution in [-0.2, 0) is 19.6 Å². The van der Waals surface area contributed by atoms with Crippen molar-refractivity contribution in [2.24, 2.45) is 5.92 Å². The number of amides is 1. The van der Waals surface area contributed by atoms with Gasteiger partial charge in [-0.05, 0) is 44.0 Å². The third-order valence-electron chi connectivity index (χ3n) is 4.81. The minimum absolute atomic E-state index is 0.0902. The van der Waals surface area contributed by atoms with Gasteiger partial charge in [0, 0.05) is 25.3 Å². The van der Waals surface area contributed by atoms with Gasteiger partial charge in [0.15, 0.2) is 0 Å². The Balaban J connectivity index is 1.62. The Labute approximate surface area is 152 Å². The van der Waals surface area contributed by atoms with E-state index in [-0.39, 0.29) is 17.3 Å². The molecule has 1 aromatic carbocycles. The second kappa shape index (κ2) is 7.73. The molecule has 2 heterocycles. The number of carboxylic acid groups (broad SMARTS) is 1. The van der Waals surface area contributed by atoms with Gasteiger partial charge in [-0.3, -0.25) is 14.5 Å². The molecule has 0 saturated carbocycles. The normalized spacial score (nSPS) is 21.8. The van der Waals surface area contributed by atoms with Crippen LogP contribution in [-0.4, -0.2) is 67.3 Å². The van der Waals surface area contributed by atoms with Crippen LogP contribution in [0.25, 0.3) is 0 Å². The predicted molar refractivity (Wildman–Crippen MR) is 95.2 cm³/mol. The molecule has 2 fully saturated rings. The highest BCUT2D eigenvalue weighted by Gasteiger charge is 2.29. The molecule has 2 aliphatic rings. The van der Waals surface area contributed by atoms with Crippen LogP contribution in [0.5, 0.6) is 0 Å². The van der Waals surface area contributed by atoms with Gasteiger partial charge in [-0.1, -0.05) is 6.07 Å². The van der Waals surface area contributed by atoms with Crippen molar-refractivity contribution < 1.29 is 23.1 Å². The standard InChI is InChI=1S/C17H23N3O5S/c21-16(12-19-9-6-13(11-19)17(22)23)18-14-4-3-5-15(10-14)26(24,25)20-7-1-2-8-20/h3-5,10,13H,1-2,6-9,11-12H2,(H,18,21)(H,22,23). The molecule has 1 aromatic rings. The lowest BCUT2D eigenvalue weighted by molar-refractivity contribution is -0.141. The van der Waals surface area contributed by atoms with E-state index in [0.717, 1.165) is 12.8 Å². The Morgan fingerprint density at radius 3 is 2.58 bits per heavy atom. The summed E-state index contributed by atoms with van der Waals surface area (Å²) in [5.74, 6) is -1.56. The van der Waals surface area contributed by atoms with E-state index in [1.807, 2.05) is 0 Å². The summed E-state index contributed by atoms with van der Waals surface area (Å²) in [5, 5.41) is 11.7. The van der Waals surface area contributed by atoms with Gasteiger partial charge < -0.3 is 10.4 Å². The second-order valence-electron chi connectivity index (χ2n) is 6.75. The van der Waals surface area contributed by atoms with Crippen LogP contribution in [0.1, 0.15) is 19.3 Å². The molecule has 0 aliphatic carbocycles. The molecule has 26 heavy (non-hydrogen) atoms. The molecule has 1 unspecified atom stereocenters. The van der Waals surface area contributed by atoms with Crippen LogP contribution in [0.2, 0.25) is 0 Å². The third kappa shape index (κ3) is 4.22. The summed E-state index contributed by atoms with van der Waals surface area (Å²) in [6.07, 6.45) is 2.26. The first-order valence-electron chi connectivity index (χ1n) is 8.71. The fraction of sp³-hybridized carbons (Fsp3) is 0.529. The molecule has 1 atom stereocenters. The molecule has 2 aliphatic heterocycles. The first-order chi connectivity index (χ1) is 12.4. The number of nitrogens with one attached hydrogen (secondary N) is 1. The lowest BCUT2D eigenvalue weighted by Gasteiger charge is -2.17. The fourth-order valence-corrected chi connectivity index (χ4v) is 4.96. The van der Waals surface area contributed by atoms with Crippen molar-refractivity contribution in [1.82, 2.24) is 9.21 Å². The summed E-state index contributed by atoms with van der Waals surface area (Å²) in [6.45, 7) is 2.06. The first kappa shape index (κ1) is 18.8. The molecular formula is C17H23N3O5S. The zero-order chi connectivity index (χ0) is 18.7. The summed E-state index contributed by atoms with van der Waals surface area (Å²) in [4.78, 5) is 25.1. The smallest absolute Gasteiger partial charge is 0.307 e. The molecule has 8 nitrogen and oxygen atoms in total. The molecule has 2 N–H and O–H groups in total. The summed E-state index contributed by atoms with van der Waals surface area (Å²) in [5.41, 5.74) is 0.421. The van der Waals surface area contributed by atoms with E-state index in [1.165, 1.54) is 16.4 Å². The highest BCUT2D eigenvalue weighted by molar-refractivity contribution is 7.89. The highest BCUT2D eigenvalue weighted by atomic mass is 32.2. The first-order valence-corrected chi connectivity index (χ1v) is 10.2. The van der Waals surface area contributed by atoms with Gasteiger partial charge in [-0.25, -0.2) is 8.42 Å². The van der Waals surface area contributed by atoms with Crippen LogP contribution >= 0.6 is 0 Å². The molecule has 0 spiro atoms. The van der Waals surface area contributed by atoms with Crippen LogP contribution in [0, 0.1) is 5.92 Å². The van der Waals surface area contributed by atoms with E-state index >= 15 is 0 Å². The quantitative estimate of drug-likeness (QED) is 0.755. The SMILES string of the molecule is O=C(CN1CCC(C(=O)O)C1)Nc1cccc(S(=O)(=O)N2CCCC2)c1. The van der Waals surface area contributed by atoms with Crippen molar-refractivity contribution >= 4 is 27.6 Å². The Bertz CT molecular complexity index is 789. The van der Waals surface area contributed by atoms with Crippen molar-refractivity contribution in [3.8, 4) is 0 Å². The van der Waals surface area contributed by atoms with Crippen molar-refractivity contribution in [3.63, 3.8) is 0 Å². The van der Waals surface area contributed by atoms with E-state index in [2.05, 4.69) is 5.32 Å². The van der Waals surface area contributed by atoms with E-state index in [9.17, 15) is 18.0 Å². The number of nitrogens with zero attached hydrogens (tertiary/aromatic N) is 2. The summed E-state index contributed by atoms with van der Waals surface area (Å²) in [7, 11) is -3.53. The number of sulfonamides is 1. The summed E-state index contributed by atoms with van der Waals surface area (Å²) < 4.78 is 26.7. The monoisotopic (exact) mass is 381 g/mol. The number of likely N-dealkylation sites (tertiary alicyclic amines) is 1. The van der Waals surface area contributed by atoms with Gasteiger partial charge in [-0.15, -0.1) is 0 Å². The lowest BCUT2D eigenvalue weighted by Crippen LogP contribution is -2.32. The number of benzene rings is 1. The van der Waals surface area contributed by atoms with Crippen LogP contribution < -0.4 is 5.32 Å². The number of carbonyl (C=O) groups excluding carboxylic acids is 1. The molecule has 3 rings (SSSR count). The minimum Gasteiger partial charge on any atom is -0.481 e. The molecule has 1 amide bonds. The molecule has 0 aromatic heterocycles. The molecular weight excluding hydrogens is 358 g/mol. The van der Waals surface area contributed by atoms with Crippen LogP contribution in [0.15, 0.2) is 29.2 Å². The number of carboxylic acids is 1. The van der Waals surface area contributed by atoms with Crippen LogP contribution in [0.3, 0.4) is 0 Å². The van der Waals surface area contributed by atoms with Crippen molar-refractivity contribution in [3.05, 3.63) is 24.3 Å².